The van der Waals surface area contributed by atoms with Gasteiger partial charge in [-0.2, -0.15) is 0 Å². The van der Waals surface area contributed by atoms with Crippen LogP contribution in [0.2, 0.25) is 0 Å². The number of rotatable bonds is 5. The Morgan fingerprint density at radius 2 is 1.50 bits per heavy atom. The molecule has 0 amide bonds. The predicted molar refractivity (Wildman–Crippen MR) is 108 cm³/mol. The van der Waals surface area contributed by atoms with Crippen molar-refractivity contribution >= 4 is 23.0 Å². The first kappa shape index (κ1) is 19.7. The molecule has 0 unspecified atom stereocenters. The van der Waals surface area contributed by atoms with Gasteiger partial charge < -0.3 is 15.4 Å². The predicted octanol–water partition coefficient (Wildman–Crippen LogP) is 5.74. The molecule has 0 aliphatic carbocycles. The van der Waals surface area contributed by atoms with Crippen LogP contribution < -0.4 is 15.4 Å². The van der Waals surface area contributed by atoms with E-state index in [1.165, 1.54) is 12.1 Å². The molecule has 0 saturated carbocycles. The van der Waals surface area contributed by atoms with Crippen LogP contribution in [0.4, 0.5) is 18.9 Å². The van der Waals surface area contributed by atoms with Crippen LogP contribution in [0, 0.1) is 0 Å². The Labute approximate surface area is 166 Å². The van der Waals surface area contributed by atoms with Crippen LogP contribution in [0.15, 0.2) is 78.9 Å². The highest BCUT2D eigenvalue weighted by Gasteiger charge is 2.31. The van der Waals surface area contributed by atoms with Gasteiger partial charge in [0.2, 0.25) is 0 Å². The van der Waals surface area contributed by atoms with Gasteiger partial charge in [-0.05, 0) is 29.9 Å². The van der Waals surface area contributed by atoms with Crippen LogP contribution in [-0.2, 0) is 6.54 Å². The SMILES string of the molecule is FC(F)(F)Oc1ccccc1CNC(=S)Nc1ccccc1-c1ccccc1. The molecule has 0 aromatic heterocycles. The molecule has 28 heavy (non-hydrogen) atoms. The van der Waals surface area contributed by atoms with Crippen LogP contribution in [0.1, 0.15) is 5.56 Å². The number of halogens is 3. The Balaban J connectivity index is 1.68. The summed E-state index contributed by atoms with van der Waals surface area (Å²) in [6, 6.07) is 23.4. The zero-order valence-electron chi connectivity index (χ0n) is 14.7. The van der Waals surface area contributed by atoms with Gasteiger partial charge in [-0.3, -0.25) is 0 Å². The lowest BCUT2D eigenvalue weighted by Crippen LogP contribution is -2.28. The minimum atomic E-state index is -4.75. The average Bonchev–Trinajstić information content (AvgIpc) is 2.67. The Bertz CT molecular complexity index is 946. The zero-order valence-corrected chi connectivity index (χ0v) is 15.5. The van der Waals surface area contributed by atoms with E-state index in [9.17, 15) is 13.2 Å². The maximum absolute atomic E-state index is 12.5. The van der Waals surface area contributed by atoms with Crippen molar-refractivity contribution < 1.29 is 17.9 Å². The molecule has 144 valence electrons. The maximum Gasteiger partial charge on any atom is 0.573 e. The van der Waals surface area contributed by atoms with Crippen molar-refractivity contribution in [3.63, 3.8) is 0 Å². The smallest absolute Gasteiger partial charge is 0.405 e. The minimum Gasteiger partial charge on any atom is -0.405 e. The fourth-order valence-corrected chi connectivity index (χ4v) is 2.86. The molecule has 0 saturated heterocycles. The zero-order chi connectivity index (χ0) is 20.0. The van der Waals surface area contributed by atoms with Gasteiger partial charge in [0.15, 0.2) is 5.11 Å². The molecule has 7 heteroatoms. The third-order valence-corrected chi connectivity index (χ3v) is 4.14. The van der Waals surface area contributed by atoms with E-state index in [0.29, 0.717) is 10.7 Å². The van der Waals surface area contributed by atoms with Gasteiger partial charge in [0, 0.05) is 23.4 Å². The standard InChI is InChI=1S/C21H17F3N2OS/c22-21(23,24)27-19-13-7-4-10-16(19)14-25-20(28)26-18-12-6-5-11-17(18)15-8-2-1-3-9-15/h1-13H,14H2,(H2,25,26,28). The molecule has 0 fully saturated rings. The average molecular weight is 402 g/mol. The van der Waals surface area contributed by atoms with E-state index in [0.717, 1.165) is 16.8 Å². The lowest BCUT2D eigenvalue weighted by Gasteiger charge is -2.16. The minimum absolute atomic E-state index is 0.0889. The quantitative estimate of drug-likeness (QED) is 0.534. The summed E-state index contributed by atoms with van der Waals surface area (Å²) in [6.07, 6.45) is -4.75. The Kier molecular flexibility index (Phi) is 6.16. The third-order valence-electron chi connectivity index (χ3n) is 3.90. The summed E-state index contributed by atoms with van der Waals surface area (Å²) in [5.41, 5.74) is 3.14. The molecule has 0 spiro atoms. The van der Waals surface area contributed by atoms with Crippen molar-refractivity contribution in [2.75, 3.05) is 5.32 Å². The summed E-state index contributed by atoms with van der Waals surface area (Å²) in [5.74, 6) is -0.255. The van der Waals surface area contributed by atoms with Gasteiger partial charge in [0.25, 0.3) is 0 Å². The largest absolute Gasteiger partial charge is 0.573 e. The highest BCUT2D eigenvalue weighted by atomic mass is 32.1. The monoisotopic (exact) mass is 402 g/mol. The van der Waals surface area contributed by atoms with Crippen LogP contribution in [-0.4, -0.2) is 11.5 Å². The van der Waals surface area contributed by atoms with E-state index >= 15 is 0 Å². The molecule has 0 aliphatic heterocycles. The number of thiocarbonyl (C=S) groups is 1. The molecule has 3 aromatic rings. The number of para-hydroxylation sites is 2. The summed E-state index contributed by atoms with van der Waals surface area (Å²) in [7, 11) is 0. The summed E-state index contributed by atoms with van der Waals surface area (Å²) in [6.45, 7) is 0.0889. The van der Waals surface area contributed by atoms with Gasteiger partial charge in [-0.25, -0.2) is 0 Å². The van der Waals surface area contributed by atoms with Crippen molar-refractivity contribution in [3.8, 4) is 16.9 Å². The van der Waals surface area contributed by atoms with E-state index in [1.54, 1.807) is 12.1 Å². The lowest BCUT2D eigenvalue weighted by molar-refractivity contribution is -0.274. The molecular weight excluding hydrogens is 385 g/mol. The van der Waals surface area contributed by atoms with E-state index in [-0.39, 0.29) is 12.3 Å². The number of anilines is 1. The normalized spacial score (nSPS) is 11.0. The molecule has 3 aromatic carbocycles. The van der Waals surface area contributed by atoms with Crippen LogP contribution in [0.5, 0.6) is 5.75 Å². The number of benzene rings is 3. The molecule has 3 nitrogen and oxygen atoms in total. The highest BCUT2D eigenvalue weighted by Crippen LogP contribution is 2.28. The number of ether oxygens (including phenoxy) is 1. The number of alkyl halides is 3. The number of hydrogen-bond acceptors (Lipinski definition) is 2. The van der Waals surface area contributed by atoms with Crippen molar-refractivity contribution in [1.29, 1.82) is 0 Å². The molecule has 0 heterocycles. The Morgan fingerprint density at radius 1 is 0.857 bits per heavy atom. The van der Waals surface area contributed by atoms with E-state index in [1.807, 2.05) is 54.6 Å². The molecule has 0 aliphatic rings. The molecule has 0 bridgehead atoms. The lowest BCUT2D eigenvalue weighted by atomic mass is 10.0. The summed E-state index contributed by atoms with van der Waals surface area (Å²) >= 11 is 5.31. The molecule has 0 radical (unpaired) electrons. The topological polar surface area (TPSA) is 33.3 Å². The van der Waals surface area contributed by atoms with Gasteiger partial charge in [0.05, 0.1) is 0 Å². The van der Waals surface area contributed by atoms with Crippen molar-refractivity contribution in [1.82, 2.24) is 5.32 Å². The first-order chi connectivity index (χ1) is 13.4. The number of nitrogens with one attached hydrogen (secondary N) is 2. The Morgan fingerprint density at radius 3 is 2.25 bits per heavy atom. The first-order valence-corrected chi connectivity index (χ1v) is 8.86. The third kappa shape index (κ3) is 5.47. The maximum atomic E-state index is 12.5. The second-order valence-electron chi connectivity index (χ2n) is 5.87. The van der Waals surface area contributed by atoms with Crippen molar-refractivity contribution in [2.24, 2.45) is 0 Å². The summed E-state index contributed by atoms with van der Waals surface area (Å²) in [4.78, 5) is 0. The molecule has 0 atom stereocenters. The van der Waals surface area contributed by atoms with Gasteiger partial charge in [-0.1, -0.05) is 66.7 Å². The summed E-state index contributed by atoms with van der Waals surface area (Å²) < 4.78 is 41.7. The van der Waals surface area contributed by atoms with Gasteiger partial charge >= 0.3 is 6.36 Å². The first-order valence-electron chi connectivity index (χ1n) is 8.45. The molecule has 2 N–H and O–H groups in total. The van der Waals surface area contributed by atoms with Crippen molar-refractivity contribution in [2.45, 2.75) is 12.9 Å². The Hall–Kier alpha value is -3.06. The fraction of sp³-hybridized carbons (Fsp3) is 0.0952. The van der Waals surface area contributed by atoms with Gasteiger partial charge in [0.1, 0.15) is 5.75 Å². The van der Waals surface area contributed by atoms with E-state index < -0.39 is 6.36 Å². The van der Waals surface area contributed by atoms with Gasteiger partial charge in [-0.15, -0.1) is 13.2 Å². The summed E-state index contributed by atoms with van der Waals surface area (Å²) in [5, 5.41) is 6.33. The van der Waals surface area contributed by atoms with Crippen LogP contribution in [0.25, 0.3) is 11.1 Å². The molecular formula is C21H17F3N2OS. The molecule has 3 rings (SSSR count). The van der Waals surface area contributed by atoms with Crippen molar-refractivity contribution in [3.05, 3.63) is 84.4 Å². The van der Waals surface area contributed by atoms with Crippen LogP contribution in [0.3, 0.4) is 0 Å². The van der Waals surface area contributed by atoms with E-state index in [4.69, 9.17) is 12.2 Å². The fourth-order valence-electron chi connectivity index (χ4n) is 2.68. The number of hydrogen-bond donors (Lipinski definition) is 2. The second-order valence-corrected chi connectivity index (χ2v) is 6.28. The van der Waals surface area contributed by atoms with Crippen LogP contribution >= 0.6 is 12.2 Å². The highest BCUT2D eigenvalue weighted by molar-refractivity contribution is 7.80. The van der Waals surface area contributed by atoms with E-state index in [2.05, 4.69) is 15.4 Å². The second kappa shape index (κ2) is 8.75.